The Hall–Kier alpha value is -0.940. The van der Waals surface area contributed by atoms with Gasteiger partial charge in [-0.05, 0) is 12.1 Å². The van der Waals surface area contributed by atoms with Crippen molar-refractivity contribution in [3.8, 4) is 0 Å². The van der Waals surface area contributed by atoms with Gasteiger partial charge in [0.2, 0.25) is 0 Å². The summed E-state index contributed by atoms with van der Waals surface area (Å²) >= 11 is 3.21. The van der Waals surface area contributed by atoms with Crippen LogP contribution in [-0.2, 0) is 6.54 Å². The molecular weight excluding hydrogens is 251 g/mol. The third-order valence-electron chi connectivity index (χ3n) is 1.90. The van der Waals surface area contributed by atoms with Gasteiger partial charge in [-0.3, -0.25) is 4.68 Å². The second kappa shape index (κ2) is 3.67. The summed E-state index contributed by atoms with van der Waals surface area (Å²) in [4.78, 5) is 0. The minimum Gasteiger partial charge on any atom is -0.394 e. The highest BCUT2D eigenvalue weighted by atomic mass is 79.9. The van der Waals surface area contributed by atoms with Crippen LogP contribution in [0.25, 0.3) is 10.9 Å². The van der Waals surface area contributed by atoms with Crippen LogP contribution >= 0.6 is 15.9 Å². The summed E-state index contributed by atoms with van der Waals surface area (Å²) in [7, 11) is 0. The second-order valence-corrected chi connectivity index (χ2v) is 3.86. The Labute approximate surface area is 88.3 Å². The van der Waals surface area contributed by atoms with Crippen molar-refractivity contribution in [1.29, 1.82) is 0 Å². The molecule has 0 amide bonds. The predicted octanol–water partition coefficient (Wildman–Crippen LogP) is 1.93. The average molecular weight is 259 g/mol. The molecule has 0 spiro atoms. The maximum absolute atomic E-state index is 13.3. The van der Waals surface area contributed by atoms with E-state index >= 15 is 0 Å². The smallest absolute Gasteiger partial charge is 0.152 e. The van der Waals surface area contributed by atoms with Crippen LogP contribution in [0.2, 0.25) is 0 Å². The van der Waals surface area contributed by atoms with Crippen molar-refractivity contribution in [3.05, 3.63) is 28.6 Å². The van der Waals surface area contributed by atoms with Gasteiger partial charge in [-0.25, -0.2) is 4.39 Å². The van der Waals surface area contributed by atoms with Crippen LogP contribution in [0.15, 0.2) is 22.8 Å². The van der Waals surface area contributed by atoms with Crippen LogP contribution < -0.4 is 0 Å². The van der Waals surface area contributed by atoms with E-state index in [0.29, 0.717) is 16.5 Å². The molecular formula is C9H8BrFN2O. The van der Waals surface area contributed by atoms with E-state index in [1.165, 1.54) is 10.7 Å². The first-order valence-electron chi connectivity index (χ1n) is 4.14. The number of aromatic nitrogens is 2. The lowest BCUT2D eigenvalue weighted by molar-refractivity contribution is 0.270. The number of nitrogens with zero attached hydrogens (tertiary/aromatic N) is 2. The van der Waals surface area contributed by atoms with Gasteiger partial charge in [-0.15, -0.1) is 0 Å². The fourth-order valence-corrected chi connectivity index (χ4v) is 1.77. The van der Waals surface area contributed by atoms with E-state index in [2.05, 4.69) is 21.0 Å². The molecule has 1 heterocycles. The lowest BCUT2D eigenvalue weighted by atomic mass is 10.2. The maximum atomic E-state index is 13.3. The summed E-state index contributed by atoms with van der Waals surface area (Å²) in [5.74, 6) is -0.355. The summed E-state index contributed by atoms with van der Waals surface area (Å²) < 4.78 is 15.5. The Balaban J connectivity index is 2.58. The van der Waals surface area contributed by atoms with E-state index in [0.717, 1.165) is 5.39 Å². The molecule has 0 saturated heterocycles. The Morgan fingerprint density at radius 1 is 1.50 bits per heavy atom. The quantitative estimate of drug-likeness (QED) is 0.894. The molecule has 2 aromatic rings. The average Bonchev–Trinajstić information content (AvgIpc) is 2.48. The number of rotatable bonds is 2. The molecule has 5 heteroatoms. The van der Waals surface area contributed by atoms with Gasteiger partial charge in [0.15, 0.2) is 5.82 Å². The Kier molecular flexibility index (Phi) is 2.52. The van der Waals surface area contributed by atoms with Gasteiger partial charge >= 0.3 is 0 Å². The van der Waals surface area contributed by atoms with Crippen molar-refractivity contribution in [1.82, 2.24) is 9.78 Å². The Morgan fingerprint density at radius 3 is 3.00 bits per heavy atom. The zero-order valence-electron chi connectivity index (χ0n) is 7.24. The molecule has 0 fully saturated rings. The largest absolute Gasteiger partial charge is 0.394 e. The zero-order valence-corrected chi connectivity index (χ0v) is 8.83. The molecule has 0 aliphatic heterocycles. The van der Waals surface area contributed by atoms with Crippen molar-refractivity contribution in [2.75, 3.05) is 6.61 Å². The molecule has 3 nitrogen and oxygen atoms in total. The van der Waals surface area contributed by atoms with Crippen LogP contribution in [0.1, 0.15) is 0 Å². The number of halogens is 2. The molecule has 74 valence electrons. The van der Waals surface area contributed by atoms with Crippen molar-refractivity contribution in [3.63, 3.8) is 0 Å². The molecule has 14 heavy (non-hydrogen) atoms. The van der Waals surface area contributed by atoms with Crippen molar-refractivity contribution in [2.24, 2.45) is 0 Å². The monoisotopic (exact) mass is 258 g/mol. The number of fused-ring (bicyclic) bond motifs is 1. The van der Waals surface area contributed by atoms with E-state index in [1.807, 2.05) is 0 Å². The van der Waals surface area contributed by atoms with Crippen LogP contribution in [0.5, 0.6) is 0 Å². The van der Waals surface area contributed by atoms with Gasteiger partial charge in [0, 0.05) is 16.1 Å². The molecule has 1 N–H and O–H groups in total. The van der Waals surface area contributed by atoms with E-state index < -0.39 is 0 Å². The third kappa shape index (κ3) is 1.65. The number of hydrogen-bond acceptors (Lipinski definition) is 2. The molecule has 0 saturated carbocycles. The third-order valence-corrected chi connectivity index (χ3v) is 2.36. The van der Waals surface area contributed by atoms with E-state index in [9.17, 15) is 4.39 Å². The van der Waals surface area contributed by atoms with Crippen molar-refractivity contribution < 1.29 is 9.50 Å². The zero-order chi connectivity index (χ0) is 10.1. The van der Waals surface area contributed by atoms with Crippen LogP contribution in [0, 0.1) is 5.82 Å². The van der Waals surface area contributed by atoms with Gasteiger partial charge in [-0.2, -0.15) is 5.10 Å². The van der Waals surface area contributed by atoms with E-state index in [4.69, 9.17) is 5.11 Å². The van der Waals surface area contributed by atoms with Gasteiger partial charge in [0.25, 0.3) is 0 Å². The SMILES string of the molecule is OCCn1cc2cc(Br)cc(F)c2n1. The summed E-state index contributed by atoms with van der Waals surface area (Å²) in [6, 6.07) is 3.16. The standard InChI is InChI=1S/C9H8BrFN2O/c10-7-3-6-5-13(1-2-14)12-9(6)8(11)4-7/h3-5,14H,1-2H2. The Bertz CT molecular complexity index is 469. The molecule has 0 unspecified atom stereocenters. The van der Waals surface area contributed by atoms with Crippen LogP contribution in [-0.4, -0.2) is 21.5 Å². The molecule has 1 aromatic heterocycles. The summed E-state index contributed by atoms with van der Waals surface area (Å²) in [5, 5.41) is 13.4. The highest BCUT2D eigenvalue weighted by Gasteiger charge is 2.06. The van der Waals surface area contributed by atoms with Gasteiger partial charge in [-0.1, -0.05) is 15.9 Å². The minimum absolute atomic E-state index is 0.00320. The maximum Gasteiger partial charge on any atom is 0.152 e. The lowest BCUT2D eigenvalue weighted by Crippen LogP contribution is -2.01. The van der Waals surface area contributed by atoms with E-state index in [-0.39, 0.29) is 12.4 Å². The fourth-order valence-electron chi connectivity index (χ4n) is 1.32. The van der Waals surface area contributed by atoms with Crippen molar-refractivity contribution >= 4 is 26.8 Å². The van der Waals surface area contributed by atoms with Gasteiger partial charge < -0.3 is 5.11 Å². The normalized spacial score (nSPS) is 11.1. The molecule has 0 atom stereocenters. The van der Waals surface area contributed by atoms with Crippen LogP contribution in [0.3, 0.4) is 0 Å². The molecule has 0 radical (unpaired) electrons. The second-order valence-electron chi connectivity index (χ2n) is 2.94. The molecule has 0 aliphatic carbocycles. The minimum atomic E-state index is -0.355. The van der Waals surface area contributed by atoms with E-state index in [1.54, 1.807) is 12.3 Å². The summed E-state index contributed by atoms with van der Waals surface area (Å²) in [5.41, 5.74) is 0.335. The highest BCUT2D eigenvalue weighted by Crippen LogP contribution is 2.21. The number of hydrogen-bond donors (Lipinski definition) is 1. The fraction of sp³-hybridized carbons (Fsp3) is 0.222. The first kappa shape index (κ1) is 9.61. The summed E-state index contributed by atoms with van der Waals surface area (Å²) in [6.45, 7) is 0.377. The molecule has 1 aromatic carbocycles. The van der Waals surface area contributed by atoms with Crippen LogP contribution in [0.4, 0.5) is 4.39 Å². The van der Waals surface area contributed by atoms with Gasteiger partial charge in [0.05, 0.1) is 13.2 Å². The highest BCUT2D eigenvalue weighted by molar-refractivity contribution is 9.10. The number of benzene rings is 1. The first-order chi connectivity index (χ1) is 6.70. The Morgan fingerprint density at radius 2 is 2.29 bits per heavy atom. The predicted molar refractivity (Wildman–Crippen MR) is 54.5 cm³/mol. The first-order valence-corrected chi connectivity index (χ1v) is 4.93. The molecule has 0 bridgehead atoms. The topological polar surface area (TPSA) is 38.0 Å². The lowest BCUT2D eigenvalue weighted by Gasteiger charge is -1.93. The van der Waals surface area contributed by atoms with Gasteiger partial charge in [0.1, 0.15) is 5.52 Å². The molecule has 2 rings (SSSR count). The summed E-state index contributed by atoms with van der Waals surface area (Å²) in [6.07, 6.45) is 1.71. The van der Waals surface area contributed by atoms with Crippen molar-refractivity contribution in [2.45, 2.75) is 6.54 Å². The molecule has 0 aliphatic rings. The number of aliphatic hydroxyl groups is 1. The number of aliphatic hydroxyl groups excluding tert-OH is 1.